The van der Waals surface area contributed by atoms with Gasteiger partial charge in [-0.1, -0.05) is 11.6 Å². The molecule has 0 N–H and O–H groups in total. The Morgan fingerprint density at radius 2 is 2.00 bits per heavy atom. The number of ether oxygens (including phenoxy) is 1. The van der Waals surface area contributed by atoms with Crippen LogP contribution in [0.5, 0.6) is 0 Å². The van der Waals surface area contributed by atoms with Gasteiger partial charge in [0.05, 0.1) is 0 Å². The molecule has 0 radical (unpaired) electrons. The lowest BCUT2D eigenvalue weighted by Crippen LogP contribution is -2.41. The van der Waals surface area contributed by atoms with E-state index in [1.54, 1.807) is 11.0 Å². The normalized spacial score (nSPS) is 17.1. The highest BCUT2D eigenvalue weighted by atomic mass is 35.5. The molecule has 1 aromatic heterocycles. The maximum atomic E-state index is 12.0. The number of nitrogens with zero attached hydrogens (tertiary/aromatic N) is 3. The summed E-state index contributed by atoms with van der Waals surface area (Å²) in [5.41, 5.74) is 0.502. The van der Waals surface area contributed by atoms with E-state index in [1.165, 1.54) is 6.33 Å². The summed E-state index contributed by atoms with van der Waals surface area (Å²) < 4.78 is 5.38. The van der Waals surface area contributed by atoms with Crippen LogP contribution in [0.1, 0.15) is 45.2 Å². The molecule has 0 aromatic carbocycles. The molecule has 1 aromatic rings. The van der Waals surface area contributed by atoms with Crippen molar-refractivity contribution in [1.29, 1.82) is 0 Å². The van der Waals surface area contributed by atoms with E-state index in [4.69, 9.17) is 16.3 Å². The Morgan fingerprint density at radius 3 is 2.55 bits per heavy atom. The van der Waals surface area contributed by atoms with Gasteiger partial charge in [0.1, 0.15) is 17.1 Å². The topological polar surface area (TPSA) is 55.3 Å². The van der Waals surface area contributed by atoms with Gasteiger partial charge in [-0.2, -0.15) is 0 Å². The summed E-state index contributed by atoms with van der Waals surface area (Å²) in [6, 6.07) is 1.80. The Kier molecular flexibility index (Phi) is 4.48. The van der Waals surface area contributed by atoms with Gasteiger partial charge in [0.15, 0.2) is 0 Å². The molecule has 20 heavy (non-hydrogen) atoms. The Balaban J connectivity index is 1.91. The van der Waals surface area contributed by atoms with Gasteiger partial charge in [-0.3, -0.25) is 0 Å². The van der Waals surface area contributed by atoms with Gasteiger partial charge < -0.3 is 9.64 Å². The summed E-state index contributed by atoms with van der Waals surface area (Å²) in [6.45, 7) is 6.99. The number of carbonyl (C=O) groups is 1. The highest BCUT2D eigenvalue weighted by Crippen LogP contribution is 2.28. The Labute approximate surface area is 124 Å². The third-order valence-electron chi connectivity index (χ3n) is 3.22. The van der Waals surface area contributed by atoms with Crippen molar-refractivity contribution in [2.45, 2.75) is 45.1 Å². The summed E-state index contributed by atoms with van der Waals surface area (Å²) in [5.74, 6) is 0.328. The molecule has 1 amide bonds. The predicted molar refractivity (Wildman–Crippen MR) is 76.8 cm³/mol. The molecular weight excluding hydrogens is 278 g/mol. The molecule has 110 valence electrons. The van der Waals surface area contributed by atoms with E-state index in [-0.39, 0.29) is 6.09 Å². The lowest BCUT2D eigenvalue weighted by molar-refractivity contribution is 0.0204. The highest BCUT2D eigenvalue weighted by Gasteiger charge is 2.28. The van der Waals surface area contributed by atoms with Crippen molar-refractivity contribution >= 4 is 17.7 Å². The summed E-state index contributed by atoms with van der Waals surface area (Å²) in [5, 5.41) is 0.463. The molecular formula is C14H20ClN3O2. The van der Waals surface area contributed by atoms with E-state index in [0.29, 0.717) is 24.2 Å². The van der Waals surface area contributed by atoms with Crippen LogP contribution in [0.15, 0.2) is 12.4 Å². The molecule has 6 heteroatoms. The second-order valence-corrected chi connectivity index (χ2v) is 6.39. The lowest BCUT2D eigenvalue weighted by Gasteiger charge is -2.33. The molecule has 2 rings (SSSR count). The predicted octanol–water partition coefficient (Wildman–Crippen LogP) is 3.24. The van der Waals surface area contributed by atoms with Gasteiger partial charge in [0.2, 0.25) is 0 Å². The zero-order chi connectivity index (χ0) is 14.8. The fraction of sp³-hybridized carbons (Fsp3) is 0.643. The van der Waals surface area contributed by atoms with Crippen LogP contribution in [0.3, 0.4) is 0 Å². The van der Waals surface area contributed by atoms with E-state index < -0.39 is 5.60 Å². The quantitative estimate of drug-likeness (QED) is 0.747. The smallest absolute Gasteiger partial charge is 0.410 e. The van der Waals surface area contributed by atoms with E-state index in [0.717, 1.165) is 18.5 Å². The first-order valence-corrected chi connectivity index (χ1v) is 7.18. The van der Waals surface area contributed by atoms with Crippen molar-refractivity contribution in [2.75, 3.05) is 13.1 Å². The van der Waals surface area contributed by atoms with E-state index in [2.05, 4.69) is 9.97 Å². The van der Waals surface area contributed by atoms with Crippen LogP contribution in [0.25, 0.3) is 0 Å². The summed E-state index contributed by atoms with van der Waals surface area (Å²) in [6.07, 6.45) is 2.98. The fourth-order valence-electron chi connectivity index (χ4n) is 2.25. The molecule has 0 bridgehead atoms. The van der Waals surface area contributed by atoms with Crippen LogP contribution in [0.2, 0.25) is 5.15 Å². The van der Waals surface area contributed by atoms with Crippen molar-refractivity contribution in [2.24, 2.45) is 0 Å². The average Bonchev–Trinajstić information content (AvgIpc) is 2.37. The molecule has 1 saturated heterocycles. The first-order valence-electron chi connectivity index (χ1n) is 6.80. The standard InChI is InChI=1S/C14H20ClN3O2/c1-14(2,3)20-13(19)18-6-4-10(5-7-18)11-8-12(15)17-9-16-11/h8-10H,4-7H2,1-3H3. The molecule has 0 saturated carbocycles. The maximum Gasteiger partial charge on any atom is 0.410 e. The van der Waals surface area contributed by atoms with Crippen molar-refractivity contribution < 1.29 is 9.53 Å². The van der Waals surface area contributed by atoms with Crippen LogP contribution >= 0.6 is 11.6 Å². The average molecular weight is 298 g/mol. The van der Waals surface area contributed by atoms with E-state index in [9.17, 15) is 4.79 Å². The van der Waals surface area contributed by atoms with Gasteiger partial charge in [0, 0.05) is 24.7 Å². The number of rotatable bonds is 1. The van der Waals surface area contributed by atoms with Crippen molar-refractivity contribution in [3.05, 3.63) is 23.2 Å². The second kappa shape index (κ2) is 5.95. The van der Waals surface area contributed by atoms with Crippen molar-refractivity contribution in [3.63, 3.8) is 0 Å². The van der Waals surface area contributed by atoms with Crippen LogP contribution in [0, 0.1) is 0 Å². The van der Waals surface area contributed by atoms with Gasteiger partial charge in [0.25, 0.3) is 0 Å². The summed E-state index contributed by atoms with van der Waals surface area (Å²) in [7, 11) is 0. The summed E-state index contributed by atoms with van der Waals surface area (Å²) >= 11 is 5.88. The molecule has 2 heterocycles. The minimum Gasteiger partial charge on any atom is -0.444 e. The first-order chi connectivity index (χ1) is 9.35. The number of piperidine rings is 1. The molecule has 0 atom stereocenters. The van der Waals surface area contributed by atoms with Gasteiger partial charge in [-0.05, 0) is 39.7 Å². The molecule has 5 nitrogen and oxygen atoms in total. The van der Waals surface area contributed by atoms with Crippen LogP contribution in [0.4, 0.5) is 4.79 Å². The SMILES string of the molecule is CC(C)(C)OC(=O)N1CCC(c2cc(Cl)ncn2)CC1. The van der Waals surface area contributed by atoms with Gasteiger partial charge in [-0.15, -0.1) is 0 Å². The molecule has 0 aliphatic carbocycles. The fourth-order valence-corrected chi connectivity index (χ4v) is 2.41. The van der Waals surface area contributed by atoms with Gasteiger partial charge >= 0.3 is 6.09 Å². The number of amides is 1. The molecule has 0 spiro atoms. The lowest BCUT2D eigenvalue weighted by atomic mass is 9.93. The molecule has 0 unspecified atom stereocenters. The molecule has 1 aliphatic heterocycles. The third kappa shape index (κ3) is 4.07. The van der Waals surface area contributed by atoms with Crippen molar-refractivity contribution in [3.8, 4) is 0 Å². The first kappa shape index (κ1) is 15.0. The molecule has 1 fully saturated rings. The van der Waals surface area contributed by atoms with Crippen LogP contribution in [-0.2, 0) is 4.74 Å². The van der Waals surface area contributed by atoms with E-state index in [1.807, 2.05) is 20.8 Å². The summed E-state index contributed by atoms with van der Waals surface area (Å²) in [4.78, 5) is 21.9. The number of carbonyl (C=O) groups excluding carboxylic acids is 1. The van der Waals surface area contributed by atoms with Gasteiger partial charge in [-0.25, -0.2) is 14.8 Å². The molecule has 1 aliphatic rings. The van der Waals surface area contributed by atoms with Crippen LogP contribution < -0.4 is 0 Å². The van der Waals surface area contributed by atoms with Crippen molar-refractivity contribution in [1.82, 2.24) is 14.9 Å². The monoisotopic (exact) mass is 297 g/mol. The second-order valence-electron chi connectivity index (χ2n) is 6.01. The number of hydrogen-bond donors (Lipinski definition) is 0. The van der Waals surface area contributed by atoms with E-state index >= 15 is 0 Å². The number of aromatic nitrogens is 2. The number of likely N-dealkylation sites (tertiary alicyclic amines) is 1. The highest BCUT2D eigenvalue weighted by molar-refractivity contribution is 6.29. The maximum absolute atomic E-state index is 12.0. The Bertz CT molecular complexity index is 480. The minimum atomic E-state index is -0.450. The Hall–Kier alpha value is -1.36. The zero-order valence-electron chi connectivity index (χ0n) is 12.1. The largest absolute Gasteiger partial charge is 0.444 e. The zero-order valence-corrected chi connectivity index (χ0v) is 12.9. The third-order valence-corrected chi connectivity index (χ3v) is 3.43. The number of hydrogen-bond acceptors (Lipinski definition) is 4. The van der Waals surface area contributed by atoms with Crippen LogP contribution in [-0.4, -0.2) is 39.7 Å². The Morgan fingerprint density at radius 1 is 1.35 bits per heavy atom. The minimum absolute atomic E-state index is 0.239. The number of halogens is 1.